The molecule has 0 fully saturated rings. The lowest BCUT2D eigenvalue weighted by molar-refractivity contribution is 0.0908. The molecule has 1 aromatic heterocycles. The summed E-state index contributed by atoms with van der Waals surface area (Å²) in [4.78, 5) is 12.5. The first-order valence-corrected chi connectivity index (χ1v) is 8.22. The van der Waals surface area contributed by atoms with Gasteiger partial charge in [0.1, 0.15) is 12.4 Å². The summed E-state index contributed by atoms with van der Waals surface area (Å²) in [6.45, 7) is 2.12. The number of para-hydroxylation sites is 1. The van der Waals surface area contributed by atoms with Crippen LogP contribution in [-0.2, 0) is 6.61 Å². The fourth-order valence-electron chi connectivity index (χ4n) is 2.52. The predicted octanol–water partition coefficient (Wildman–Crippen LogP) is 4.22. The van der Waals surface area contributed by atoms with E-state index in [1.807, 2.05) is 49.4 Å². The molecule has 0 aliphatic heterocycles. The Kier molecular flexibility index (Phi) is 5.35. The Morgan fingerprint density at radius 3 is 2.58 bits per heavy atom. The van der Waals surface area contributed by atoms with Crippen molar-refractivity contribution in [3.05, 3.63) is 89.4 Å². The number of amides is 1. The predicted molar refractivity (Wildman–Crippen MR) is 96.5 cm³/mol. The first-order chi connectivity index (χ1) is 12.7. The zero-order valence-corrected chi connectivity index (χ0v) is 14.3. The van der Waals surface area contributed by atoms with Crippen LogP contribution in [0.1, 0.15) is 40.2 Å². The Morgan fingerprint density at radius 2 is 1.88 bits per heavy atom. The van der Waals surface area contributed by atoms with E-state index in [0.717, 1.165) is 11.3 Å². The first kappa shape index (κ1) is 17.3. The molecule has 5 heteroatoms. The summed E-state index contributed by atoms with van der Waals surface area (Å²) >= 11 is 0. The third kappa shape index (κ3) is 4.11. The molecule has 1 N–H and O–H groups in total. The topological polar surface area (TPSA) is 75.3 Å². The quantitative estimate of drug-likeness (QED) is 0.725. The van der Waals surface area contributed by atoms with Crippen molar-refractivity contribution < 1.29 is 13.9 Å². The summed E-state index contributed by atoms with van der Waals surface area (Å²) in [5.41, 5.74) is 2.17. The summed E-state index contributed by atoms with van der Waals surface area (Å²) in [6, 6.07) is 20.1. The van der Waals surface area contributed by atoms with Crippen LogP contribution in [0.15, 0.2) is 71.3 Å². The fourth-order valence-corrected chi connectivity index (χ4v) is 2.52. The molecule has 0 bridgehead atoms. The van der Waals surface area contributed by atoms with Crippen LogP contribution in [0.2, 0.25) is 0 Å². The summed E-state index contributed by atoms with van der Waals surface area (Å²) in [6.07, 6.45) is 1.48. The molecule has 5 nitrogen and oxygen atoms in total. The van der Waals surface area contributed by atoms with Crippen molar-refractivity contribution >= 4 is 5.91 Å². The van der Waals surface area contributed by atoms with Gasteiger partial charge < -0.3 is 14.5 Å². The van der Waals surface area contributed by atoms with Crippen molar-refractivity contribution in [1.82, 2.24) is 5.32 Å². The van der Waals surface area contributed by atoms with Crippen LogP contribution in [0.5, 0.6) is 5.75 Å². The molecule has 26 heavy (non-hydrogen) atoms. The number of hydrogen-bond donors (Lipinski definition) is 1. The second kappa shape index (κ2) is 8.04. The van der Waals surface area contributed by atoms with Crippen LogP contribution in [0.4, 0.5) is 0 Å². The number of nitrogens with one attached hydrogen (secondary N) is 1. The molecule has 1 amide bonds. The SMILES string of the molecule is CC(NC(=O)c1occc1COc1ccccc1)c1ccc(C#N)cc1. The maximum atomic E-state index is 12.5. The van der Waals surface area contributed by atoms with Crippen molar-refractivity contribution in [2.75, 3.05) is 0 Å². The lowest BCUT2D eigenvalue weighted by Crippen LogP contribution is -2.27. The van der Waals surface area contributed by atoms with Crippen LogP contribution < -0.4 is 10.1 Å². The van der Waals surface area contributed by atoms with Gasteiger partial charge in [0.15, 0.2) is 5.76 Å². The number of nitriles is 1. The van der Waals surface area contributed by atoms with E-state index < -0.39 is 0 Å². The van der Waals surface area contributed by atoms with Gasteiger partial charge in [-0.15, -0.1) is 0 Å². The summed E-state index contributed by atoms with van der Waals surface area (Å²) < 4.78 is 11.0. The number of benzene rings is 2. The zero-order chi connectivity index (χ0) is 18.4. The van der Waals surface area contributed by atoms with Crippen LogP contribution >= 0.6 is 0 Å². The Balaban J connectivity index is 1.64. The van der Waals surface area contributed by atoms with E-state index in [2.05, 4.69) is 11.4 Å². The second-order valence-electron chi connectivity index (χ2n) is 5.81. The molecule has 130 valence electrons. The van der Waals surface area contributed by atoms with Crippen molar-refractivity contribution in [2.24, 2.45) is 0 Å². The molecule has 1 unspecified atom stereocenters. The van der Waals surface area contributed by atoms with Crippen LogP contribution in [0.25, 0.3) is 0 Å². The van der Waals surface area contributed by atoms with Gasteiger partial charge in [-0.05, 0) is 42.8 Å². The fraction of sp³-hybridized carbons (Fsp3) is 0.143. The number of carbonyl (C=O) groups excluding carboxylic acids is 1. The molecule has 0 saturated carbocycles. The lowest BCUT2D eigenvalue weighted by atomic mass is 10.1. The highest BCUT2D eigenvalue weighted by molar-refractivity contribution is 5.93. The highest BCUT2D eigenvalue weighted by atomic mass is 16.5. The van der Waals surface area contributed by atoms with E-state index in [0.29, 0.717) is 11.1 Å². The van der Waals surface area contributed by atoms with E-state index in [1.165, 1.54) is 6.26 Å². The first-order valence-electron chi connectivity index (χ1n) is 8.22. The molecule has 1 atom stereocenters. The van der Waals surface area contributed by atoms with Gasteiger partial charge >= 0.3 is 0 Å². The molecule has 3 rings (SSSR count). The van der Waals surface area contributed by atoms with Gasteiger partial charge in [-0.1, -0.05) is 30.3 Å². The van der Waals surface area contributed by atoms with E-state index >= 15 is 0 Å². The lowest BCUT2D eigenvalue weighted by Gasteiger charge is -2.14. The summed E-state index contributed by atoms with van der Waals surface area (Å²) in [7, 11) is 0. The zero-order valence-electron chi connectivity index (χ0n) is 14.3. The van der Waals surface area contributed by atoms with E-state index in [4.69, 9.17) is 14.4 Å². The van der Waals surface area contributed by atoms with E-state index in [-0.39, 0.29) is 24.3 Å². The van der Waals surface area contributed by atoms with Crippen LogP contribution in [0, 0.1) is 11.3 Å². The maximum Gasteiger partial charge on any atom is 0.287 e. The molecule has 2 aromatic carbocycles. The summed E-state index contributed by atoms with van der Waals surface area (Å²) in [5, 5.41) is 11.8. The molecule has 0 aliphatic carbocycles. The Bertz CT molecular complexity index is 908. The number of furan rings is 1. The largest absolute Gasteiger partial charge is 0.489 e. The van der Waals surface area contributed by atoms with Crippen molar-refractivity contribution in [2.45, 2.75) is 19.6 Å². The number of ether oxygens (including phenoxy) is 1. The van der Waals surface area contributed by atoms with Gasteiger partial charge in [0.25, 0.3) is 5.91 Å². The van der Waals surface area contributed by atoms with Crippen LogP contribution in [-0.4, -0.2) is 5.91 Å². The van der Waals surface area contributed by atoms with Crippen molar-refractivity contribution in [1.29, 1.82) is 5.26 Å². The molecule has 0 spiro atoms. The average Bonchev–Trinajstić information content (AvgIpc) is 3.16. The van der Waals surface area contributed by atoms with Gasteiger partial charge in [0.05, 0.1) is 23.9 Å². The number of hydrogen-bond acceptors (Lipinski definition) is 4. The molecular weight excluding hydrogens is 328 g/mol. The highest BCUT2D eigenvalue weighted by Crippen LogP contribution is 2.18. The van der Waals surface area contributed by atoms with Gasteiger partial charge in [0, 0.05) is 5.56 Å². The minimum Gasteiger partial charge on any atom is -0.489 e. The Hall–Kier alpha value is -3.52. The molecular formula is C21H18N2O3. The standard InChI is InChI=1S/C21H18N2O3/c1-15(17-9-7-16(13-22)8-10-17)23-21(24)20-18(11-12-25-20)14-26-19-5-3-2-4-6-19/h2-12,15H,14H2,1H3,(H,23,24). The highest BCUT2D eigenvalue weighted by Gasteiger charge is 2.18. The minimum atomic E-state index is -0.307. The number of rotatable bonds is 6. The molecule has 0 radical (unpaired) electrons. The third-order valence-electron chi connectivity index (χ3n) is 3.98. The van der Waals surface area contributed by atoms with Crippen molar-refractivity contribution in [3.8, 4) is 11.8 Å². The maximum absolute atomic E-state index is 12.5. The molecule has 1 heterocycles. The van der Waals surface area contributed by atoms with Gasteiger partial charge in [-0.3, -0.25) is 4.79 Å². The van der Waals surface area contributed by atoms with Gasteiger partial charge in [-0.25, -0.2) is 0 Å². The summed E-state index contributed by atoms with van der Waals surface area (Å²) in [5.74, 6) is 0.658. The minimum absolute atomic E-state index is 0.219. The number of nitrogens with zero attached hydrogens (tertiary/aromatic N) is 1. The van der Waals surface area contributed by atoms with Crippen LogP contribution in [0.3, 0.4) is 0 Å². The molecule has 0 aliphatic rings. The molecule has 3 aromatic rings. The average molecular weight is 346 g/mol. The monoisotopic (exact) mass is 346 g/mol. The smallest absolute Gasteiger partial charge is 0.287 e. The van der Waals surface area contributed by atoms with Crippen molar-refractivity contribution in [3.63, 3.8) is 0 Å². The third-order valence-corrected chi connectivity index (χ3v) is 3.98. The number of carbonyl (C=O) groups is 1. The normalized spacial score (nSPS) is 11.4. The second-order valence-corrected chi connectivity index (χ2v) is 5.81. The van der Waals surface area contributed by atoms with E-state index in [1.54, 1.807) is 18.2 Å². The van der Waals surface area contributed by atoms with Gasteiger partial charge in [0.2, 0.25) is 0 Å². The molecule has 0 saturated heterocycles. The Morgan fingerprint density at radius 1 is 1.15 bits per heavy atom. The Labute approximate surface area is 151 Å². The van der Waals surface area contributed by atoms with Gasteiger partial charge in [-0.2, -0.15) is 5.26 Å². The van der Waals surface area contributed by atoms with E-state index in [9.17, 15) is 4.79 Å².